The SMILES string of the molecule is COC(=O)[C@H](Cc1ccc(C(C)(C)O)c(Cl)c1)NC(=O)OC(C)(C)C. The number of aliphatic hydroxyl groups is 1. The van der Waals surface area contributed by atoms with E-state index in [-0.39, 0.29) is 6.42 Å². The first kappa shape index (κ1) is 21.3. The van der Waals surface area contributed by atoms with E-state index in [2.05, 4.69) is 5.32 Å². The number of hydrogen-bond acceptors (Lipinski definition) is 5. The molecule has 1 atom stereocenters. The Kier molecular flexibility index (Phi) is 6.85. The highest BCUT2D eigenvalue weighted by Crippen LogP contribution is 2.28. The molecule has 25 heavy (non-hydrogen) atoms. The van der Waals surface area contributed by atoms with Crippen molar-refractivity contribution in [1.82, 2.24) is 5.32 Å². The van der Waals surface area contributed by atoms with Gasteiger partial charge in [-0.3, -0.25) is 0 Å². The molecule has 0 unspecified atom stereocenters. The minimum absolute atomic E-state index is 0.178. The molecule has 7 heteroatoms. The largest absolute Gasteiger partial charge is 0.467 e. The van der Waals surface area contributed by atoms with Crippen molar-refractivity contribution < 1.29 is 24.2 Å². The summed E-state index contributed by atoms with van der Waals surface area (Å²) in [5, 5.41) is 13.0. The second-order valence-electron chi connectivity index (χ2n) is 7.30. The number of carbonyl (C=O) groups excluding carboxylic acids is 2. The van der Waals surface area contributed by atoms with Gasteiger partial charge in [0.25, 0.3) is 0 Å². The van der Waals surface area contributed by atoms with Crippen LogP contribution >= 0.6 is 11.6 Å². The lowest BCUT2D eigenvalue weighted by Crippen LogP contribution is -2.45. The zero-order chi connectivity index (χ0) is 19.4. The summed E-state index contributed by atoms with van der Waals surface area (Å²) in [4.78, 5) is 23.9. The molecule has 0 fully saturated rings. The van der Waals surface area contributed by atoms with Crippen LogP contribution in [0.1, 0.15) is 45.7 Å². The summed E-state index contributed by atoms with van der Waals surface area (Å²) in [6, 6.07) is 4.18. The summed E-state index contributed by atoms with van der Waals surface area (Å²) >= 11 is 6.22. The number of nitrogens with one attached hydrogen (secondary N) is 1. The fraction of sp³-hybridized carbons (Fsp3) is 0.556. The molecular weight excluding hydrogens is 346 g/mol. The first-order valence-electron chi connectivity index (χ1n) is 7.92. The van der Waals surface area contributed by atoms with Crippen LogP contribution in [0.3, 0.4) is 0 Å². The summed E-state index contributed by atoms with van der Waals surface area (Å²) in [6.07, 6.45) is -0.528. The lowest BCUT2D eigenvalue weighted by atomic mass is 9.95. The Hall–Kier alpha value is -1.79. The molecule has 1 aromatic rings. The molecule has 1 rings (SSSR count). The van der Waals surface area contributed by atoms with E-state index in [4.69, 9.17) is 21.1 Å². The van der Waals surface area contributed by atoms with E-state index in [1.54, 1.807) is 52.8 Å². The van der Waals surface area contributed by atoms with Crippen LogP contribution in [0.25, 0.3) is 0 Å². The summed E-state index contributed by atoms with van der Waals surface area (Å²) in [5.74, 6) is -0.589. The van der Waals surface area contributed by atoms with E-state index >= 15 is 0 Å². The predicted molar refractivity (Wildman–Crippen MR) is 95.6 cm³/mol. The first-order valence-corrected chi connectivity index (χ1v) is 8.30. The fourth-order valence-corrected chi connectivity index (χ4v) is 2.64. The third-order valence-electron chi connectivity index (χ3n) is 3.31. The number of hydrogen-bond donors (Lipinski definition) is 2. The molecule has 1 amide bonds. The van der Waals surface area contributed by atoms with Crippen molar-refractivity contribution in [2.24, 2.45) is 0 Å². The molecule has 0 radical (unpaired) electrons. The number of methoxy groups -OCH3 is 1. The van der Waals surface area contributed by atoms with Gasteiger partial charge >= 0.3 is 12.1 Å². The molecule has 0 aliphatic rings. The number of alkyl carbamates (subject to hydrolysis) is 1. The highest BCUT2D eigenvalue weighted by Gasteiger charge is 2.26. The maximum absolute atomic E-state index is 12.0. The minimum atomic E-state index is -1.08. The highest BCUT2D eigenvalue weighted by atomic mass is 35.5. The molecule has 140 valence electrons. The Labute approximate surface area is 153 Å². The first-order chi connectivity index (χ1) is 11.3. The summed E-state index contributed by atoms with van der Waals surface area (Å²) in [6.45, 7) is 8.46. The standard InChI is InChI=1S/C18H26ClNO5/c1-17(2,3)25-16(22)20-14(15(21)24-6)10-11-7-8-12(13(19)9-11)18(4,5)23/h7-9,14,23H,10H2,1-6H3,(H,20,22)/t14-/m0/s1. The van der Waals surface area contributed by atoms with Crippen LogP contribution in [-0.4, -0.2) is 35.9 Å². The van der Waals surface area contributed by atoms with Crippen molar-refractivity contribution in [3.05, 3.63) is 34.3 Å². The smallest absolute Gasteiger partial charge is 0.408 e. The summed E-state index contributed by atoms with van der Waals surface area (Å²) in [5.41, 5.74) is -0.466. The van der Waals surface area contributed by atoms with E-state index in [9.17, 15) is 14.7 Å². The normalized spacial score (nSPS) is 13.1. The Bertz CT molecular complexity index is 631. The van der Waals surface area contributed by atoms with Gasteiger partial charge in [-0.2, -0.15) is 0 Å². The van der Waals surface area contributed by atoms with Gasteiger partial charge in [0, 0.05) is 17.0 Å². The van der Waals surface area contributed by atoms with Gasteiger partial charge in [-0.1, -0.05) is 23.7 Å². The molecule has 0 aromatic heterocycles. The average molecular weight is 372 g/mol. The summed E-state index contributed by atoms with van der Waals surface area (Å²) in [7, 11) is 1.25. The topological polar surface area (TPSA) is 84.9 Å². The van der Waals surface area contributed by atoms with Gasteiger partial charge < -0.3 is 19.9 Å². The lowest BCUT2D eigenvalue weighted by Gasteiger charge is -2.23. The van der Waals surface area contributed by atoms with Crippen molar-refractivity contribution in [3.8, 4) is 0 Å². The number of amides is 1. The van der Waals surface area contributed by atoms with Crippen LogP contribution in [-0.2, 0) is 26.3 Å². The van der Waals surface area contributed by atoms with Gasteiger partial charge in [-0.25, -0.2) is 9.59 Å². The molecule has 0 heterocycles. The van der Waals surface area contributed by atoms with Crippen molar-refractivity contribution in [2.45, 2.75) is 58.3 Å². The van der Waals surface area contributed by atoms with Crippen molar-refractivity contribution in [3.63, 3.8) is 0 Å². The number of ether oxygens (including phenoxy) is 2. The van der Waals surface area contributed by atoms with Gasteiger partial charge in [0.15, 0.2) is 0 Å². The Morgan fingerprint density at radius 1 is 1.24 bits per heavy atom. The van der Waals surface area contributed by atoms with Crippen LogP contribution in [0.5, 0.6) is 0 Å². The molecule has 0 saturated heterocycles. The van der Waals surface area contributed by atoms with E-state index in [1.807, 2.05) is 0 Å². The van der Waals surface area contributed by atoms with Crippen LogP contribution in [0, 0.1) is 0 Å². The minimum Gasteiger partial charge on any atom is -0.467 e. The highest BCUT2D eigenvalue weighted by molar-refractivity contribution is 6.31. The monoisotopic (exact) mass is 371 g/mol. The van der Waals surface area contributed by atoms with Crippen molar-refractivity contribution in [1.29, 1.82) is 0 Å². The molecular formula is C18H26ClNO5. The lowest BCUT2D eigenvalue weighted by molar-refractivity contribution is -0.143. The third-order valence-corrected chi connectivity index (χ3v) is 3.62. The zero-order valence-electron chi connectivity index (χ0n) is 15.5. The maximum atomic E-state index is 12.0. The molecule has 0 spiro atoms. The van der Waals surface area contributed by atoms with Crippen LogP contribution in [0.15, 0.2) is 18.2 Å². The summed E-state index contributed by atoms with van der Waals surface area (Å²) < 4.78 is 9.91. The van der Waals surface area contributed by atoms with Crippen molar-refractivity contribution in [2.75, 3.05) is 7.11 Å². The van der Waals surface area contributed by atoms with Crippen molar-refractivity contribution >= 4 is 23.7 Å². The van der Waals surface area contributed by atoms with Gasteiger partial charge in [-0.15, -0.1) is 0 Å². The van der Waals surface area contributed by atoms with E-state index < -0.39 is 29.3 Å². The Morgan fingerprint density at radius 3 is 2.28 bits per heavy atom. The zero-order valence-corrected chi connectivity index (χ0v) is 16.2. The van der Waals surface area contributed by atoms with Gasteiger partial charge in [0.1, 0.15) is 11.6 Å². The molecule has 1 aromatic carbocycles. The number of halogens is 1. The number of esters is 1. The van der Waals surface area contributed by atoms with Crippen LogP contribution in [0.2, 0.25) is 5.02 Å². The molecule has 0 saturated carbocycles. The third kappa shape index (κ3) is 6.92. The van der Waals surface area contributed by atoms with Gasteiger partial charge in [0.05, 0.1) is 12.7 Å². The fourth-order valence-electron chi connectivity index (χ4n) is 2.20. The maximum Gasteiger partial charge on any atom is 0.408 e. The number of benzene rings is 1. The van der Waals surface area contributed by atoms with E-state index in [0.29, 0.717) is 16.1 Å². The second-order valence-corrected chi connectivity index (χ2v) is 7.71. The van der Waals surface area contributed by atoms with Gasteiger partial charge in [0.2, 0.25) is 0 Å². The Morgan fingerprint density at radius 2 is 1.84 bits per heavy atom. The molecule has 0 aliphatic heterocycles. The molecule has 0 aliphatic carbocycles. The quantitative estimate of drug-likeness (QED) is 0.776. The molecule has 6 nitrogen and oxygen atoms in total. The van der Waals surface area contributed by atoms with Gasteiger partial charge in [-0.05, 0) is 46.2 Å². The molecule has 2 N–H and O–H groups in total. The predicted octanol–water partition coefficient (Wildman–Crippen LogP) is 3.18. The van der Waals surface area contributed by atoms with E-state index in [1.165, 1.54) is 7.11 Å². The van der Waals surface area contributed by atoms with E-state index in [0.717, 1.165) is 0 Å². The van der Waals surface area contributed by atoms with Crippen LogP contribution < -0.4 is 5.32 Å². The second kappa shape index (κ2) is 8.06. The van der Waals surface area contributed by atoms with Crippen LogP contribution in [0.4, 0.5) is 4.79 Å². The number of carbonyl (C=O) groups is 2. The Balaban J connectivity index is 2.94. The number of rotatable bonds is 5. The average Bonchev–Trinajstić information content (AvgIpc) is 2.42. The molecule has 0 bridgehead atoms.